The number of anilines is 1. The SMILES string of the molecule is COc1ccc(CNC(=O)[C@@H]2CCCN(c3cn[nH]c(=O)c3)C2)cc1OC. The summed E-state index contributed by atoms with van der Waals surface area (Å²) in [4.78, 5) is 26.1. The largest absolute Gasteiger partial charge is 0.493 e. The number of benzene rings is 1. The highest BCUT2D eigenvalue weighted by atomic mass is 16.5. The number of methoxy groups -OCH3 is 2. The minimum Gasteiger partial charge on any atom is -0.493 e. The van der Waals surface area contributed by atoms with Gasteiger partial charge in [-0.3, -0.25) is 9.59 Å². The molecule has 8 nitrogen and oxygen atoms in total. The van der Waals surface area contributed by atoms with Crippen LogP contribution >= 0.6 is 0 Å². The molecule has 1 fully saturated rings. The molecule has 144 valence electrons. The van der Waals surface area contributed by atoms with E-state index in [0.29, 0.717) is 24.6 Å². The van der Waals surface area contributed by atoms with E-state index >= 15 is 0 Å². The van der Waals surface area contributed by atoms with Gasteiger partial charge in [-0.05, 0) is 30.5 Å². The van der Waals surface area contributed by atoms with E-state index in [2.05, 4.69) is 15.5 Å². The monoisotopic (exact) mass is 372 g/mol. The predicted molar refractivity (Wildman–Crippen MR) is 101 cm³/mol. The first-order valence-electron chi connectivity index (χ1n) is 8.89. The minimum atomic E-state index is -0.243. The zero-order valence-corrected chi connectivity index (χ0v) is 15.5. The lowest BCUT2D eigenvalue weighted by molar-refractivity contribution is -0.125. The molecule has 27 heavy (non-hydrogen) atoms. The van der Waals surface area contributed by atoms with Crippen LogP contribution in [0.25, 0.3) is 0 Å². The van der Waals surface area contributed by atoms with Gasteiger partial charge in [-0.25, -0.2) is 5.10 Å². The lowest BCUT2D eigenvalue weighted by Gasteiger charge is -2.33. The number of nitrogens with one attached hydrogen (secondary N) is 2. The maximum absolute atomic E-state index is 12.6. The molecule has 1 amide bonds. The number of aromatic amines is 1. The molecule has 1 aliphatic heterocycles. The third-order valence-corrected chi connectivity index (χ3v) is 4.72. The van der Waals surface area contributed by atoms with Crippen LogP contribution in [0, 0.1) is 5.92 Å². The Kier molecular flexibility index (Phi) is 5.95. The van der Waals surface area contributed by atoms with Crippen molar-refractivity contribution in [1.82, 2.24) is 15.5 Å². The topological polar surface area (TPSA) is 96.5 Å². The van der Waals surface area contributed by atoms with Crippen molar-refractivity contribution in [2.75, 3.05) is 32.2 Å². The summed E-state index contributed by atoms with van der Waals surface area (Å²) in [6.07, 6.45) is 3.33. The van der Waals surface area contributed by atoms with Gasteiger partial charge in [0.15, 0.2) is 11.5 Å². The summed E-state index contributed by atoms with van der Waals surface area (Å²) in [5.74, 6) is 1.17. The van der Waals surface area contributed by atoms with Crippen LogP contribution in [-0.2, 0) is 11.3 Å². The Bertz CT molecular complexity index is 852. The molecule has 0 spiro atoms. The van der Waals surface area contributed by atoms with Crippen molar-refractivity contribution in [2.45, 2.75) is 19.4 Å². The second-order valence-corrected chi connectivity index (χ2v) is 6.50. The average molecular weight is 372 g/mol. The molecule has 3 rings (SSSR count). The van der Waals surface area contributed by atoms with Crippen molar-refractivity contribution in [1.29, 1.82) is 0 Å². The Hall–Kier alpha value is -3.03. The second kappa shape index (κ2) is 8.57. The smallest absolute Gasteiger partial charge is 0.266 e. The first-order chi connectivity index (χ1) is 13.1. The van der Waals surface area contributed by atoms with Gasteiger partial charge in [0.05, 0.1) is 32.0 Å². The van der Waals surface area contributed by atoms with Crippen LogP contribution in [0.3, 0.4) is 0 Å². The number of amides is 1. The summed E-state index contributed by atoms with van der Waals surface area (Å²) in [5.41, 5.74) is 1.44. The highest BCUT2D eigenvalue weighted by Crippen LogP contribution is 2.27. The molecule has 0 unspecified atom stereocenters. The molecular weight excluding hydrogens is 348 g/mol. The van der Waals surface area contributed by atoms with E-state index in [4.69, 9.17) is 9.47 Å². The highest BCUT2D eigenvalue weighted by molar-refractivity contribution is 5.79. The predicted octanol–water partition coefficient (Wildman–Crippen LogP) is 1.32. The van der Waals surface area contributed by atoms with Crippen molar-refractivity contribution in [3.05, 3.63) is 46.4 Å². The number of nitrogens with zero attached hydrogens (tertiary/aromatic N) is 2. The molecule has 0 saturated carbocycles. The Balaban J connectivity index is 1.60. The molecule has 0 aliphatic carbocycles. The van der Waals surface area contributed by atoms with Gasteiger partial charge in [0.2, 0.25) is 5.91 Å². The average Bonchev–Trinajstić information content (AvgIpc) is 2.71. The fourth-order valence-corrected chi connectivity index (χ4v) is 3.29. The van der Waals surface area contributed by atoms with Gasteiger partial charge in [0, 0.05) is 25.7 Å². The Morgan fingerprint density at radius 1 is 1.30 bits per heavy atom. The van der Waals surface area contributed by atoms with E-state index in [9.17, 15) is 9.59 Å². The van der Waals surface area contributed by atoms with Crippen LogP contribution < -0.4 is 25.2 Å². The van der Waals surface area contributed by atoms with Gasteiger partial charge in [0.25, 0.3) is 5.56 Å². The third-order valence-electron chi connectivity index (χ3n) is 4.72. The van der Waals surface area contributed by atoms with Crippen LogP contribution in [0.2, 0.25) is 0 Å². The zero-order chi connectivity index (χ0) is 19.2. The molecule has 2 heterocycles. The van der Waals surface area contributed by atoms with E-state index in [1.165, 1.54) is 6.07 Å². The molecule has 0 radical (unpaired) electrons. The molecule has 2 N–H and O–H groups in total. The quantitative estimate of drug-likeness (QED) is 0.794. The molecule has 2 aromatic rings. The lowest BCUT2D eigenvalue weighted by atomic mass is 9.96. The van der Waals surface area contributed by atoms with Gasteiger partial charge in [-0.1, -0.05) is 6.07 Å². The summed E-state index contributed by atoms with van der Waals surface area (Å²) in [6.45, 7) is 1.80. The van der Waals surface area contributed by atoms with Crippen molar-refractivity contribution in [2.24, 2.45) is 5.92 Å². The number of aromatic nitrogens is 2. The number of carbonyl (C=O) groups excluding carboxylic acids is 1. The van der Waals surface area contributed by atoms with Crippen molar-refractivity contribution in [3.63, 3.8) is 0 Å². The Labute approximate surface area is 157 Å². The van der Waals surface area contributed by atoms with Crippen molar-refractivity contribution in [3.8, 4) is 11.5 Å². The van der Waals surface area contributed by atoms with Gasteiger partial charge < -0.3 is 19.7 Å². The van der Waals surface area contributed by atoms with Gasteiger partial charge >= 0.3 is 0 Å². The summed E-state index contributed by atoms with van der Waals surface area (Å²) in [6, 6.07) is 7.09. The van der Waals surface area contributed by atoms with Crippen LogP contribution in [0.4, 0.5) is 5.69 Å². The fraction of sp³-hybridized carbons (Fsp3) is 0.421. The van der Waals surface area contributed by atoms with E-state index in [1.54, 1.807) is 20.4 Å². The molecule has 1 saturated heterocycles. The Morgan fingerprint density at radius 3 is 2.85 bits per heavy atom. The van der Waals surface area contributed by atoms with Gasteiger partial charge in [-0.15, -0.1) is 0 Å². The second-order valence-electron chi connectivity index (χ2n) is 6.50. The number of carbonyl (C=O) groups is 1. The van der Waals surface area contributed by atoms with E-state index in [0.717, 1.165) is 30.6 Å². The highest BCUT2D eigenvalue weighted by Gasteiger charge is 2.26. The summed E-state index contributed by atoms with van der Waals surface area (Å²) in [7, 11) is 3.17. The van der Waals surface area contributed by atoms with Crippen LogP contribution in [0.15, 0.2) is 35.3 Å². The van der Waals surface area contributed by atoms with Crippen molar-refractivity contribution < 1.29 is 14.3 Å². The number of rotatable bonds is 6. The Morgan fingerprint density at radius 2 is 2.11 bits per heavy atom. The molecule has 8 heteroatoms. The van der Waals surface area contributed by atoms with E-state index in [1.807, 2.05) is 23.1 Å². The molecule has 0 bridgehead atoms. The van der Waals surface area contributed by atoms with Crippen LogP contribution in [-0.4, -0.2) is 43.4 Å². The molecule has 1 aromatic carbocycles. The van der Waals surface area contributed by atoms with Crippen molar-refractivity contribution >= 4 is 11.6 Å². The lowest BCUT2D eigenvalue weighted by Crippen LogP contribution is -2.43. The maximum Gasteiger partial charge on any atom is 0.266 e. The van der Waals surface area contributed by atoms with Crippen LogP contribution in [0.5, 0.6) is 11.5 Å². The van der Waals surface area contributed by atoms with Gasteiger partial charge in [-0.2, -0.15) is 5.10 Å². The zero-order valence-electron chi connectivity index (χ0n) is 15.5. The summed E-state index contributed by atoms with van der Waals surface area (Å²) >= 11 is 0. The molecule has 1 aromatic heterocycles. The maximum atomic E-state index is 12.6. The molecule has 1 atom stereocenters. The number of H-pyrrole nitrogens is 1. The van der Waals surface area contributed by atoms with E-state index in [-0.39, 0.29) is 17.4 Å². The number of ether oxygens (including phenoxy) is 2. The first kappa shape index (κ1) is 18.8. The molecular formula is C19H24N4O4. The van der Waals surface area contributed by atoms with Gasteiger partial charge in [0.1, 0.15) is 0 Å². The standard InChI is InChI=1S/C19H24N4O4/c1-26-16-6-5-13(8-17(16)27-2)10-20-19(25)14-4-3-7-23(12-14)15-9-18(24)22-21-11-15/h5-6,8-9,11,14H,3-4,7,10,12H2,1-2H3,(H,20,25)(H,22,24)/t14-/m1/s1. The summed E-state index contributed by atoms with van der Waals surface area (Å²) in [5, 5.41) is 9.20. The molecule has 1 aliphatic rings. The number of hydrogen-bond acceptors (Lipinski definition) is 6. The number of piperidine rings is 1. The van der Waals surface area contributed by atoms with Crippen LogP contribution in [0.1, 0.15) is 18.4 Å². The first-order valence-corrected chi connectivity index (χ1v) is 8.89. The summed E-state index contributed by atoms with van der Waals surface area (Å²) < 4.78 is 10.5. The number of hydrogen-bond donors (Lipinski definition) is 2. The third kappa shape index (κ3) is 4.58. The fourth-order valence-electron chi connectivity index (χ4n) is 3.29. The normalized spacial score (nSPS) is 16.7. The minimum absolute atomic E-state index is 0.00675. The van der Waals surface area contributed by atoms with E-state index < -0.39 is 0 Å².